The lowest BCUT2D eigenvalue weighted by Gasteiger charge is -2.21. The number of nitrogens with zero attached hydrogens (tertiary/aromatic N) is 3. The van der Waals surface area contributed by atoms with Gasteiger partial charge in [-0.25, -0.2) is 4.98 Å². The summed E-state index contributed by atoms with van der Waals surface area (Å²) in [6.45, 7) is 2.28. The number of rotatable bonds is 8. The highest BCUT2D eigenvalue weighted by molar-refractivity contribution is 5.95. The van der Waals surface area contributed by atoms with Gasteiger partial charge in [0.25, 0.3) is 0 Å². The Morgan fingerprint density at radius 1 is 0.944 bits per heavy atom. The van der Waals surface area contributed by atoms with Gasteiger partial charge in [0, 0.05) is 37.1 Å². The first-order chi connectivity index (χ1) is 17.2. The number of alkyl halides is 3. The van der Waals surface area contributed by atoms with Gasteiger partial charge in [-0.1, -0.05) is 49.4 Å². The largest absolute Gasteiger partial charge is 0.416 e. The lowest BCUT2D eigenvalue weighted by molar-refractivity contribution is -0.137. The first-order valence-corrected chi connectivity index (χ1v) is 11.4. The molecular formula is C27H26F3N5O. The van der Waals surface area contributed by atoms with Gasteiger partial charge in [-0.2, -0.15) is 18.3 Å². The van der Waals surface area contributed by atoms with Gasteiger partial charge in [-0.15, -0.1) is 0 Å². The second-order valence-corrected chi connectivity index (χ2v) is 8.60. The van der Waals surface area contributed by atoms with Crippen molar-refractivity contribution in [3.8, 4) is 11.1 Å². The van der Waals surface area contributed by atoms with Gasteiger partial charge in [0.15, 0.2) is 0 Å². The molecule has 36 heavy (non-hydrogen) atoms. The standard InChI is InChI=1S/C27H26F3N5O/c1-18(19-8-11-23(12-9-19)27(28,29)30)14-32-25(20-6-4-3-5-7-20)26(36)34-24-13-10-21(15-31-24)22-16-33-35(2)17-22/h3-13,15-18,25,32H,14H2,1-2H3,(H,31,34,36)/t18-,25+/m0/s1. The fourth-order valence-electron chi connectivity index (χ4n) is 3.83. The molecule has 0 aliphatic heterocycles. The number of carbonyl (C=O) groups is 1. The highest BCUT2D eigenvalue weighted by atomic mass is 19.4. The third-order valence-electron chi connectivity index (χ3n) is 5.88. The Morgan fingerprint density at radius 3 is 2.25 bits per heavy atom. The van der Waals surface area contributed by atoms with E-state index in [1.54, 1.807) is 23.1 Å². The van der Waals surface area contributed by atoms with E-state index in [1.807, 2.05) is 56.6 Å². The maximum absolute atomic E-state index is 13.2. The van der Waals surface area contributed by atoms with Gasteiger partial charge in [0.1, 0.15) is 11.9 Å². The summed E-state index contributed by atoms with van der Waals surface area (Å²) in [5.74, 6) is -0.00297. The van der Waals surface area contributed by atoms with E-state index in [9.17, 15) is 18.0 Å². The monoisotopic (exact) mass is 493 g/mol. The van der Waals surface area contributed by atoms with Crippen molar-refractivity contribution in [1.82, 2.24) is 20.1 Å². The summed E-state index contributed by atoms with van der Waals surface area (Å²) in [6.07, 6.45) is 0.913. The van der Waals surface area contributed by atoms with Crippen LogP contribution in [0.5, 0.6) is 0 Å². The molecule has 2 heterocycles. The highest BCUT2D eigenvalue weighted by Crippen LogP contribution is 2.30. The van der Waals surface area contributed by atoms with E-state index < -0.39 is 17.8 Å². The Hall–Kier alpha value is -3.98. The minimum absolute atomic E-state index is 0.122. The summed E-state index contributed by atoms with van der Waals surface area (Å²) in [7, 11) is 1.83. The minimum atomic E-state index is -4.37. The molecule has 0 unspecified atom stereocenters. The van der Waals surface area contributed by atoms with Crippen molar-refractivity contribution in [2.75, 3.05) is 11.9 Å². The van der Waals surface area contributed by atoms with Crippen LogP contribution in [-0.4, -0.2) is 27.2 Å². The molecule has 0 radical (unpaired) electrons. The lowest BCUT2D eigenvalue weighted by Crippen LogP contribution is -2.35. The fourth-order valence-corrected chi connectivity index (χ4v) is 3.83. The Balaban J connectivity index is 1.45. The molecule has 0 saturated heterocycles. The number of nitrogens with one attached hydrogen (secondary N) is 2. The van der Waals surface area contributed by atoms with Crippen LogP contribution < -0.4 is 10.6 Å². The normalized spacial score (nSPS) is 13.2. The predicted molar refractivity (Wildman–Crippen MR) is 132 cm³/mol. The van der Waals surface area contributed by atoms with Gasteiger partial charge >= 0.3 is 6.18 Å². The van der Waals surface area contributed by atoms with E-state index in [0.29, 0.717) is 12.4 Å². The molecule has 2 aromatic carbocycles. The average Bonchev–Trinajstić information content (AvgIpc) is 3.31. The molecule has 0 aliphatic carbocycles. The molecule has 4 rings (SSSR count). The maximum Gasteiger partial charge on any atom is 0.416 e. The van der Waals surface area contributed by atoms with Crippen LogP contribution in [0.25, 0.3) is 11.1 Å². The van der Waals surface area contributed by atoms with E-state index in [4.69, 9.17) is 0 Å². The van der Waals surface area contributed by atoms with Crippen molar-refractivity contribution in [1.29, 1.82) is 0 Å². The number of carbonyl (C=O) groups excluding carboxylic acids is 1. The summed E-state index contributed by atoms with van der Waals surface area (Å²) in [4.78, 5) is 17.6. The van der Waals surface area contributed by atoms with Gasteiger partial charge < -0.3 is 10.6 Å². The van der Waals surface area contributed by atoms with E-state index in [-0.39, 0.29) is 11.8 Å². The van der Waals surface area contributed by atoms with Crippen molar-refractivity contribution < 1.29 is 18.0 Å². The van der Waals surface area contributed by atoms with Gasteiger partial charge in [-0.3, -0.25) is 9.48 Å². The first-order valence-electron chi connectivity index (χ1n) is 11.4. The van der Waals surface area contributed by atoms with Crippen LogP contribution in [-0.2, 0) is 18.0 Å². The Kier molecular flexibility index (Phi) is 7.49. The smallest absolute Gasteiger partial charge is 0.309 e. The lowest BCUT2D eigenvalue weighted by atomic mass is 9.98. The van der Waals surface area contributed by atoms with E-state index >= 15 is 0 Å². The van der Waals surface area contributed by atoms with Crippen LogP contribution in [0.3, 0.4) is 0 Å². The Morgan fingerprint density at radius 2 is 1.67 bits per heavy atom. The molecule has 1 amide bonds. The molecule has 0 spiro atoms. The van der Waals surface area contributed by atoms with Crippen LogP contribution in [0.2, 0.25) is 0 Å². The molecule has 6 nitrogen and oxygen atoms in total. The summed E-state index contributed by atoms with van der Waals surface area (Å²) in [5, 5.41) is 10.3. The zero-order valence-corrected chi connectivity index (χ0v) is 19.8. The third kappa shape index (κ3) is 6.17. The molecule has 0 aliphatic rings. The van der Waals surface area contributed by atoms with Gasteiger partial charge in [0.05, 0.1) is 11.8 Å². The molecule has 2 atom stereocenters. The van der Waals surface area contributed by atoms with Crippen molar-refractivity contribution in [3.63, 3.8) is 0 Å². The number of pyridine rings is 1. The molecule has 186 valence electrons. The number of anilines is 1. The summed E-state index contributed by atoms with van der Waals surface area (Å²) in [5.41, 5.74) is 2.63. The summed E-state index contributed by atoms with van der Waals surface area (Å²) >= 11 is 0. The summed E-state index contributed by atoms with van der Waals surface area (Å²) in [6, 6.07) is 17.3. The number of benzene rings is 2. The Bertz CT molecular complexity index is 1290. The van der Waals surface area contributed by atoms with Crippen molar-refractivity contribution in [2.45, 2.75) is 25.1 Å². The average molecular weight is 494 g/mol. The predicted octanol–water partition coefficient (Wildman–Crippen LogP) is 5.57. The minimum Gasteiger partial charge on any atom is -0.309 e. The fraction of sp³-hybridized carbons (Fsp3) is 0.222. The molecule has 9 heteroatoms. The van der Waals surface area contributed by atoms with Crippen molar-refractivity contribution in [2.24, 2.45) is 7.05 Å². The second kappa shape index (κ2) is 10.7. The molecule has 0 bridgehead atoms. The third-order valence-corrected chi connectivity index (χ3v) is 5.88. The van der Waals surface area contributed by atoms with Crippen LogP contribution in [0, 0.1) is 0 Å². The topological polar surface area (TPSA) is 71.8 Å². The highest BCUT2D eigenvalue weighted by Gasteiger charge is 2.30. The number of halogens is 3. The summed E-state index contributed by atoms with van der Waals surface area (Å²) < 4.78 is 40.3. The van der Waals surface area contributed by atoms with Crippen LogP contribution in [0.1, 0.15) is 35.6 Å². The Labute approximate surface area is 207 Å². The van der Waals surface area contributed by atoms with Crippen LogP contribution in [0.15, 0.2) is 85.3 Å². The number of hydrogen-bond donors (Lipinski definition) is 2. The number of aromatic nitrogens is 3. The number of hydrogen-bond acceptors (Lipinski definition) is 4. The van der Waals surface area contributed by atoms with Crippen molar-refractivity contribution in [3.05, 3.63) is 102 Å². The number of aryl methyl sites for hydroxylation is 1. The quantitative estimate of drug-likeness (QED) is 0.337. The molecule has 2 aromatic heterocycles. The van der Waals surface area contributed by atoms with E-state index in [2.05, 4.69) is 20.7 Å². The molecule has 0 fully saturated rings. The van der Waals surface area contributed by atoms with Crippen molar-refractivity contribution >= 4 is 11.7 Å². The van der Waals surface area contributed by atoms with Crippen LogP contribution in [0.4, 0.5) is 19.0 Å². The SMILES string of the molecule is C[C@@H](CN[C@@H](C(=O)Nc1ccc(-c2cnn(C)c2)cn1)c1ccccc1)c1ccc(C(F)(F)F)cc1. The second-order valence-electron chi connectivity index (χ2n) is 8.60. The van der Waals surface area contributed by atoms with Gasteiger partial charge in [0.2, 0.25) is 5.91 Å². The molecule has 0 saturated carbocycles. The van der Waals surface area contributed by atoms with E-state index in [0.717, 1.165) is 34.4 Å². The van der Waals surface area contributed by atoms with Gasteiger partial charge in [-0.05, 0) is 41.3 Å². The number of amides is 1. The molecule has 2 N–H and O–H groups in total. The first kappa shape index (κ1) is 25.1. The van der Waals surface area contributed by atoms with Crippen LogP contribution >= 0.6 is 0 Å². The molecular weight excluding hydrogens is 467 g/mol. The maximum atomic E-state index is 13.2. The van der Waals surface area contributed by atoms with E-state index in [1.165, 1.54) is 12.1 Å². The zero-order chi connectivity index (χ0) is 25.7. The molecule has 4 aromatic rings. The zero-order valence-electron chi connectivity index (χ0n) is 19.8.